The molecule has 0 saturated carbocycles. The molecule has 3 heteroatoms. The molecule has 1 N–H and O–H groups in total. The quantitative estimate of drug-likeness (QED) is 0.896. The Kier molecular flexibility index (Phi) is 4.16. The van der Waals surface area contributed by atoms with E-state index in [4.69, 9.17) is 0 Å². The third kappa shape index (κ3) is 3.58. The van der Waals surface area contributed by atoms with Gasteiger partial charge in [-0.2, -0.15) is 11.3 Å². The number of thiophene rings is 1. The minimum absolute atomic E-state index is 0.616. The molecule has 0 spiro atoms. The summed E-state index contributed by atoms with van der Waals surface area (Å²) in [7, 11) is 0. The molecule has 1 saturated heterocycles. The normalized spacial score (nSPS) is 19.7. The SMILES string of the molecule is c1ccc(CCN2CCC(Nc3ccsc3)C2)cc1. The monoisotopic (exact) mass is 272 g/mol. The summed E-state index contributed by atoms with van der Waals surface area (Å²) < 4.78 is 0. The molecule has 0 bridgehead atoms. The lowest BCUT2D eigenvalue weighted by molar-refractivity contribution is 0.341. The van der Waals surface area contributed by atoms with E-state index in [1.807, 2.05) is 0 Å². The largest absolute Gasteiger partial charge is 0.380 e. The van der Waals surface area contributed by atoms with Crippen molar-refractivity contribution in [1.29, 1.82) is 0 Å². The van der Waals surface area contributed by atoms with Gasteiger partial charge in [-0.25, -0.2) is 0 Å². The second kappa shape index (κ2) is 6.22. The van der Waals surface area contributed by atoms with E-state index in [2.05, 4.69) is 57.4 Å². The summed E-state index contributed by atoms with van der Waals surface area (Å²) in [5.41, 5.74) is 2.72. The van der Waals surface area contributed by atoms with E-state index in [0.29, 0.717) is 6.04 Å². The first kappa shape index (κ1) is 12.7. The number of hydrogen-bond donors (Lipinski definition) is 1. The van der Waals surface area contributed by atoms with Gasteiger partial charge in [-0.15, -0.1) is 0 Å². The Balaban J connectivity index is 1.44. The average molecular weight is 272 g/mol. The predicted molar refractivity (Wildman–Crippen MR) is 82.9 cm³/mol. The Morgan fingerprint density at radius 2 is 2.11 bits per heavy atom. The highest BCUT2D eigenvalue weighted by molar-refractivity contribution is 7.08. The second-order valence-corrected chi connectivity index (χ2v) is 5.96. The van der Waals surface area contributed by atoms with Crippen LogP contribution in [0.2, 0.25) is 0 Å². The molecule has 0 amide bonds. The van der Waals surface area contributed by atoms with E-state index in [9.17, 15) is 0 Å². The van der Waals surface area contributed by atoms with Gasteiger partial charge in [-0.05, 0) is 29.9 Å². The molecule has 100 valence electrons. The van der Waals surface area contributed by atoms with E-state index < -0.39 is 0 Å². The Hall–Kier alpha value is -1.32. The fourth-order valence-electron chi connectivity index (χ4n) is 2.67. The zero-order chi connectivity index (χ0) is 12.9. The summed E-state index contributed by atoms with van der Waals surface area (Å²) in [5, 5.41) is 7.93. The van der Waals surface area contributed by atoms with Crippen LogP contribution in [0, 0.1) is 0 Å². The van der Waals surface area contributed by atoms with Crippen LogP contribution < -0.4 is 5.32 Å². The van der Waals surface area contributed by atoms with Crippen molar-refractivity contribution in [1.82, 2.24) is 4.90 Å². The zero-order valence-electron chi connectivity index (χ0n) is 11.1. The molecule has 1 aromatic heterocycles. The van der Waals surface area contributed by atoms with Crippen LogP contribution in [0.4, 0.5) is 5.69 Å². The third-order valence-electron chi connectivity index (χ3n) is 3.72. The summed E-state index contributed by atoms with van der Waals surface area (Å²) in [6, 6.07) is 13.6. The van der Waals surface area contributed by atoms with Gasteiger partial charge < -0.3 is 10.2 Å². The Morgan fingerprint density at radius 1 is 1.21 bits per heavy atom. The topological polar surface area (TPSA) is 15.3 Å². The minimum atomic E-state index is 0.616. The molecule has 1 unspecified atom stereocenters. The van der Waals surface area contributed by atoms with Gasteiger partial charge in [0.25, 0.3) is 0 Å². The molecule has 1 aliphatic heterocycles. The van der Waals surface area contributed by atoms with Crippen molar-refractivity contribution in [2.75, 3.05) is 25.0 Å². The summed E-state index contributed by atoms with van der Waals surface area (Å²) in [4.78, 5) is 2.57. The molecule has 2 nitrogen and oxygen atoms in total. The van der Waals surface area contributed by atoms with E-state index in [0.717, 1.165) is 6.42 Å². The number of likely N-dealkylation sites (tertiary alicyclic amines) is 1. The number of nitrogens with one attached hydrogen (secondary N) is 1. The van der Waals surface area contributed by atoms with Gasteiger partial charge >= 0.3 is 0 Å². The van der Waals surface area contributed by atoms with Crippen LogP contribution in [0.1, 0.15) is 12.0 Å². The molecular weight excluding hydrogens is 252 g/mol. The first-order valence-electron chi connectivity index (χ1n) is 6.95. The molecule has 2 heterocycles. The lowest BCUT2D eigenvalue weighted by Crippen LogP contribution is -2.27. The van der Waals surface area contributed by atoms with Crippen molar-refractivity contribution < 1.29 is 0 Å². The van der Waals surface area contributed by atoms with E-state index in [-0.39, 0.29) is 0 Å². The average Bonchev–Trinajstić information content (AvgIpc) is 3.10. The fraction of sp³-hybridized carbons (Fsp3) is 0.375. The van der Waals surface area contributed by atoms with Crippen LogP contribution in [0.3, 0.4) is 0 Å². The van der Waals surface area contributed by atoms with Gasteiger partial charge in [0.05, 0.1) is 0 Å². The molecule has 3 rings (SSSR count). The molecule has 0 radical (unpaired) electrons. The molecule has 1 fully saturated rings. The number of benzene rings is 1. The molecule has 1 aromatic carbocycles. The third-order valence-corrected chi connectivity index (χ3v) is 4.41. The van der Waals surface area contributed by atoms with E-state index in [1.165, 1.54) is 37.3 Å². The Morgan fingerprint density at radius 3 is 2.89 bits per heavy atom. The first-order valence-corrected chi connectivity index (χ1v) is 7.89. The molecule has 1 aliphatic rings. The van der Waals surface area contributed by atoms with E-state index in [1.54, 1.807) is 11.3 Å². The van der Waals surface area contributed by atoms with Gasteiger partial charge in [-0.3, -0.25) is 0 Å². The minimum Gasteiger partial charge on any atom is -0.380 e. The van der Waals surface area contributed by atoms with Gasteiger partial charge in [0.1, 0.15) is 0 Å². The predicted octanol–water partition coefficient (Wildman–Crippen LogP) is 3.48. The highest BCUT2D eigenvalue weighted by Gasteiger charge is 2.21. The van der Waals surface area contributed by atoms with Crippen molar-refractivity contribution in [3.05, 3.63) is 52.7 Å². The lowest BCUT2D eigenvalue weighted by atomic mass is 10.1. The van der Waals surface area contributed by atoms with Crippen molar-refractivity contribution >= 4 is 17.0 Å². The standard InChI is InChI=1S/C16H20N2S/c1-2-4-14(5-3-1)6-9-18-10-7-15(12-18)17-16-8-11-19-13-16/h1-5,8,11,13,15,17H,6-7,9-10,12H2. The van der Waals surface area contributed by atoms with Crippen molar-refractivity contribution in [2.24, 2.45) is 0 Å². The van der Waals surface area contributed by atoms with Gasteiger partial charge in [0, 0.05) is 36.7 Å². The number of rotatable bonds is 5. The zero-order valence-corrected chi connectivity index (χ0v) is 11.9. The van der Waals surface area contributed by atoms with Crippen molar-refractivity contribution in [2.45, 2.75) is 18.9 Å². The van der Waals surface area contributed by atoms with Crippen LogP contribution in [-0.2, 0) is 6.42 Å². The van der Waals surface area contributed by atoms with Gasteiger partial charge in [0.15, 0.2) is 0 Å². The lowest BCUT2D eigenvalue weighted by Gasteiger charge is -2.16. The Bertz CT molecular complexity index is 481. The number of anilines is 1. The maximum Gasteiger partial charge on any atom is 0.0451 e. The Labute approximate surface area is 119 Å². The highest BCUT2D eigenvalue weighted by Crippen LogP contribution is 2.18. The van der Waals surface area contributed by atoms with Crippen LogP contribution in [0.25, 0.3) is 0 Å². The number of hydrogen-bond acceptors (Lipinski definition) is 3. The number of nitrogens with zero attached hydrogens (tertiary/aromatic N) is 1. The summed E-state index contributed by atoms with van der Waals surface area (Å²) in [5.74, 6) is 0. The second-order valence-electron chi connectivity index (χ2n) is 5.18. The van der Waals surface area contributed by atoms with Gasteiger partial charge in [-0.1, -0.05) is 30.3 Å². The maximum absolute atomic E-state index is 3.62. The molecule has 1 atom stereocenters. The summed E-state index contributed by atoms with van der Waals surface area (Å²) in [6.07, 6.45) is 2.41. The molecule has 19 heavy (non-hydrogen) atoms. The van der Waals surface area contributed by atoms with Crippen LogP contribution >= 0.6 is 11.3 Å². The van der Waals surface area contributed by atoms with Crippen molar-refractivity contribution in [3.63, 3.8) is 0 Å². The molecule has 2 aromatic rings. The summed E-state index contributed by atoms with van der Waals surface area (Å²) >= 11 is 1.76. The van der Waals surface area contributed by atoms with Crippen molar-refractivity contribution in [3.8, 4) is 0 Å². The molecule has 0 aliphatic carbocycles. The highest BCUT2D eigenvalue weighted by atomic mass is 32.1. The first-order chi connectivity index (χ1) is 9.40. The molecular formula is C16H20N2S. The fourth-order valence-corrected chi connectivity index (χ4v) is 3.26. The van der Waals surface area contributed by atoms with Gasteiger partial charge in [0.2, 0.25) is 0 Å². The summed E-state index contributed by atoms with van der Waals surface area (Å²) in [6.45, 7) is 3.56. The van der Waals surface area contributed by atoms with Crippen LogP contribution in [0.5, 0.6) is 0 Å². The van der Waals surface area contributed by atoms with Crippen LogP contribution in [0.15, 0.2) is 47.2 Å². The maximum atomic E-state index is 3.62. The van der Waals surface area contributed by atoms with Crippen LogP contribution in [-0.4, -0.2) is 30.6 Å². The van der Waals surface area contributed by atoms with E-state index >= 15 is 0 Å². The smallest absolute Gasteiger partial charge is 0.0451 e.